The third kappa shape index (κ3) is 5.18. The van der Waals surface area contributed by atoms with Crippen molar-refractivity contribution in [2.75, 3.05) is 6.61 Å². The molecule has 0 bridgehead atoms. The van der Waals surface area contributed by atoms with Crippen LogP contribution in [0.5, 0.6) is 11.5 Å². The summed E-state index contributed by atoms with van der Waals surface area (Å²) in [7, 11) is 0. The van der Waals surface area contributed by atoms with E-state index in [0.29, 0.717) is 24.7 Å². The van der Waals surface area contributed by atoms with E-state index in [4.69, 9.17) is 9.47 Å². The second kappa shape index (κ2) is 8.67. The monoisotopic (exact) mass is 377 g/mol. The van der Waals surface area contributed by atoms with E-state index in [1.165, 1.54) is 17.7 Å². The van der Waals surface area contributed by atoms with E-state index in [1.807, 2.05) is 42.5 Å². The Morgan fingerprint density at radius 1 is 0.893 bits per heavy atom. The van der Waals surface area contributed by atoms with Crippen LogP contribution in [0.3, 0.4) is 0 Å². The lowest BCUT2D eigenvalue weighted by Gasteiger charge is -2.25. The van der Waals surface area contributed by atoms with Crippen LogP contribution in [0.2, 0.25) is 0 Å². The molecule has 0 aromatic heterocycles. The molecule has 5 heteroatoms. The highest BCUT2D eigenvalue weighted by Gasteiger charge is 2.20. The molecule has 3 aromatic rings. The van der Waals surface area contributed by atoms with Crippen molar-refractivity contribution in [3.63, 3.8) is 0 Å². The molecule has 0 aliphatic heterocycles. The van der Waals surface area contributed by atoms with Gasteiger partial charge in [0.05, 0.1) is 18.1 Å². The van der Waals surface area contributed by atoms with E-state index >= 15 is 0 Å². The van der Waals surface area contributed by atoms with Crippen molar-refractivity contribution in [1.82, 2.24) is 0 Å². The third-order valence-corrected chi connectivity index (χ3v) is 4.47. The molecule has 0 N–H and O–H groups in total. The van der Waals surface area contributed by atoms with Gasteiger partial charge >= 0.3 is 0 Å². The van der Waals surface area contributed by atoms with Crippen LogP contribution in [0.15, 0.2) is 78.9 Å². The molecule has 0 unspecified atom stereocenters. The molecule has 144 valence electrons. The van der Waals surface area contributed by atoms with Crippen molar-refractivity contribution in [3.05, 3.63) is 100 Å². The fourth-order valence-corrected chi connectivity index (χ4v) is 2.87. The average molecular weight is 377 g/mol. The van der Waals surface area contributed by atoms with Gasteiger partial charge in [0, 0.05) is 17.5 Å². The molecule has 0 fully saturated rings. The SMILES string of the molecule is CC(C)(COCc1cccc(Oc2ccc([N+](=O)[O-])cc2)c1)c1ccccc1. The maximum Gasteiger partial charge on any atom is 0.269 e. The Bertz CT molecular complexity index is 921. The Morgan fingerprint density at radius 2 is 1.61 bits per heavy atom. The molecule has 0 aliphatic rings. The highest BCUT2D eigenvalue weighted by atomic mass is 16.6. The summed E-state index contributed by atoms with van der Waals surface area (Å²) in [6, 6.07) is 24.0. The Kier molecular flexibility index (Phi) is 6.06. The molecule has 0 saturated carbocycles. The first-order valence-electron chi connectivity index (χ1n) is 9.08. The Morgan fingerprint density at radius 3 is 2.29 bits per heavy atom. The molecule has 0 aliphatic carbocycles. The van der Waals surface area contributed by atoms with Crippen LogP contribution in [-0.4, -0.2) is 11.5 Å². The number of hydrogen-bond acceptors (Lipinski definition) is 4. The first kappa shape index (κ1) is 19.6. The van der Waals surface area contributed by atoms with E-state index in [-0.39, 0.29) is 11.1 Å². The van der Waals surface area contributed by atoms with Gasteiger partial charge in [-0.1, -0.05) is 56.3 Å². The molecule has 3 aromatic carbocycles. The predicted octanol–water partition coefficient (Wildman–Crippen LogP) is 5.88. The average Bonchev–Trinajstić information content (AvgIpc) is 2.69. The van der Waals surface area contributed by atoms with Crippen molar-refractivity contribution in [3.8, 4) is 11.5 Å². The van der Waals surface area contributed by atoms with Crippen LogP contribution in [0.25, 0.3) is 0 Å². The van der Waals surface area contributed by atoms with Gasteiger partial charge in [0.15, 0.2) is 0 Å². The minimum absolute atomic E-state index is 0.0375. The highest BCUT2D eigenvalue weighted by molar-refractivity contribution is 5.39. The zero-order valence-electron chi connectivity index (χ0n) is 16.0. The Labute approximate surface area is 164 Å². The van der Waals surface area contributed by atoms with Crippen molar-refractivity contribution in [1.29, 1.82) is 0 Å². The van der Waals surface area contributed by atoms with Crippen molar-refractivity contribution < 1.29 is 14.4 Å². The van der Waals surface area contributed by atoms with Gasteiger partial charge in [-0.15, -0.1) is 0 Å². The summed E-state index contributed by atoms with van der Waals surface area (Å²) in [5.74, 6) is 1.21. The van der Waals surface area contributed by atoms with Gasteiger partial charge in [0.25, 0.3) is 5.69 Å². The molecule has 0 spiro atoms. The lowest BCUT2D eigenvalue weighted by atomic mass is 9.86. The summed E-state index contributed by atoms with van der Waals surface area (Å²) in [5, 5.41) is 10.7. The number of non-ortho nitro benzene ring substituents is 1. The van der Waals surface area contributed by atoms with Gasteiger partial charge in [0.2, 0.25) is 0 Å². The second-order valence-electron chi connectivity index (χ2n) is 7.24. The van der Waals surface area contributed by atoms with Crippen LogP contribution >= 0.6 is 0 Å². The van der Waals surface area contributed by atoms with Gasteiger partial charge in [0.1, 0.15) is 11.5 Å². The largest absolute Gasteiger partial charge is 0.457 e. The molecule has 0 amide bonds. The van der Waals surface area contributed by atoms with E-state index in [0.717, 1.165) is 5.56 Å². The molecule has 3 rings (SSSR count). The predicted molar refractivity (Wildman–Crippen MR) is 109 cm³/mol. The van der Waals surface area contributed by atoms with E-state index < -0.39 is 4.92 Å². The van der Waals surface area contributed by atoms with Crippen LogP contribution in [0.1, 0.15) is 25.0 Å². The maximum atomic E-state index is 10.7. The summed E-state index contributed by atoms with van der Waals surface area (Å²) < 4.78 is 11.7. The summed E-state index contributed by atoms with van der Waals surface area (Å²) >= 11 is 0. The van der Waals surface area contributed by atoms with E-state index in [2.05, 4.69) is 26.0 Å². The van der Waals surface area contributed by atoms with Crippen LogP contribution < -0.4 is 4.74 Å². The second-order valence-corrected chi connectivity index (χ2v) is 7.24. The van der Waals surface area contributed by atoms with Crippen LogP contribution in [-0.2, 0) is 16.8 Å². The lowest BCUT2D eigenvalue weighted by molar-refractivity contribution is -0.384. The Hall–Kier alpha value is -3.18. The summed E-state index contributed by atoms with van der Waals surface area (Å²) in [5.41, 5.74) is 2.21. The van der Waals surface area contributed by atoms with Gasteiger partial charge in [-0.05, 0) is 35.4 Å². The van der Waals surface area contributed by atoms with Gasteiger partial charge in [-0.3, -0.25) is 10.1 Å². The number of ether oxygens (including phenoxy) is 2. The first-order chi connectivity index (χ1) is 13.4. The van der Waals surface area contributed by atoms with Crippen molar-refractivity contribution >= 4 is 5.69 Å². The number of nitro benzene ring substituents is 1. The zero-order valence-corrected chi connectivity index (χ0v) is 16.0. The van der Waals surface area contributed by atoms with Gasteiger partial charge in [-0.25, -0.2) is 0 Å². The summed E-state index contributed by atoms with van der Waals surface area (Å²) in [4.78, 5) is 10.3. The molecule has 0 radical (unpaired) electrons. The molecule has 0 atom stereocenters. The standard InChI is InChI=1S/C23H23NO4/c1-23(2,19-8-4-3-5-9-19)17-27-16-18-7-6-10-22(15-18)28-21-13-11-20(12-14-21)24(25)26/h3-15H,16-17H2,1-2H3. The Balaban J connectivity index is 1.58. The number of nitrogens with zero attached hydrogens (tertiary/aromatic N) is 1. The first-order valence-corrected chi connectivity index (χ1v) is 9.08. The van der Waals surface area contributed by atoms with Gasteiger partial charge in [-0.2, -0.15) is 0 Å². The molecule has 5 nitrogen and oxygen atoms in total. The number of rotatable bonds is 8. The fraction of sp³-hybridized carbons (Fsp3) is 0.217. The van der Waals surface area contributed by atoms with E-state index in [1.54, 1.807) is 12.1 Å². The number of nitro groups is 1. The van der Waals surface area contributed by atoms with Crippen LogP contribution in [0, 0.1) is 10.1 Å². The molecule has 28 heavy (non-hydrogen) atoms. The highest BCUT2D eigenvalue weighted by Crippen LogP contribution is 2.26. The van der Waals surface area contributed by atoms with Crippen LogP contribution in [0.4, 0.5) is 5.69 Å². The maximum absolute atomic E-state index is 10.7. The zero-order chi connectivity index (χ0) is 20.0. The minimum atomic E-state index is -0.432. The molecule has 0 heterocycles. The number of hydrogen-bond donors (Lipinski definition) is 0. The summed E-state index contributed by atoms with van der Waals surface area (Å²) in [6.07, 6.45) is 0. The molecular weight excluding hydrogens is 354 g/mol. The lowest BCUT2D eigenvalue weighted by Crippen LogP contribution is -2.24. The normalized spacial score (nSPS) is 11.2. The number of benzene rings is 3. The third-order valence-electron chi connectivity index (χ3n) is 4.47. The summed E-state index contributed by atoms with van der Waals surface area (Å²) in [6.45, 7) is 5.41. The molecular formula is C23H23NO4. The quantitative estimate of drug-likeness (QED) is 0.363. The smallest absolute Gasteiger partial charge is 0.269 e. The topological polar surface area (TPSA) is 61.6 Å². The van der Waals surface area contributed by atoms with Crippen molar-refractivity contribution in [2.24, 2.45) is 0 Å². The fourth-order valence-electron chi connectivity index (χ4n) is 2.87. The minimum Gasteiger partial charge on any atom is -0.457 e. The van der Waals surface area contributed by atoms with Gasteiger partial charge < -0.3 is 9.47 Å². The van der Waals surface area contributed by atoms with E-state index in [9.17, 15) is 10.1 Å². The molecule has 0 saturated heterocycles. The van der Waals surface area contributed by atoms with Crippen molar-refractivity contribution in [2.45, 2.75) is 25.9 Å².